The van der Waals surface area contributed by atoms with E-state index in [2.05, 4.69) is 12.2 Å². The zero-order chi connectivity index (χ0) is 8.81. The first-order chi connectivity index (χ1) is 5.83. The van der Waals surface area contributed by atoms with E-state index in [4.69, 9.17) is 4.74 Å². The molecule has 0 aliphatic heterocycles. The van der Waals surface area contributed by atoms with E-state index in [0.29, 0.717) is 12.1 Å². The Morgan fingerprint density at radius 3 is 2.75 bits per heavy atom. The molecule has 1 fully saturated rings. The summed E-state index contributed by atoms with van der Waals surface area (Å²) >= 11 is 0. The predicted octanol–water partition coefficient (Wildman–Crippen LogP) is 1.94. The van der Waals surface area contributed by atoms with Gasteiger partial charge in [0.25, 0.3) is 0 Å². The van der Waals surface area contributed by atoms with E-state index in [9.17, 15) is 0 Å². The second-order valence-corrected chi connectivity index (χ2v) is 3.76. The Kier molecular flexibility index (Phi) is 4.62. The molecule has 1 unspecified atom stereocenters. The Morgan fingerprint density at radius 1 is 1.50 bits per heavy atom. The van der Waals surface area contributed by atoms with Crippen LogP contribution in [0.15, 0.2) is 0 Å². The summed E-state index contributed by atoms with van der Waals surface area (Å²) < 4.78 is 5.65. The highest BCUT2D eigenvalue weighted by Gasteiger charge is 2.17. The standard InChI is InChI=1S/C10H21NO/c1-9(11-2)5-4-8-12-10-6-3-7-10/h9-11H,3-8H2,1-2H3. The van der Waals surface area contributed by atoms with Gasteiger partial charge in [-0.3, -0.25) is 0 Å². The third-order valence-electron chi connectivity index (χ3n) is 2.68. The molecule has 1 aliphatic rings. The third-order valence-corrected chi connectivity index (χ3v) is 2.68. The van der Waals surface area contributed by atoms with Crippen LogP contribution in [0.3, 0.4) is 0 Å². The SMILES string of the molecule is CNC(C)CCCOC1CCC1. The van der Waals surface area contributed by atoms with Crippen molar-refractivity contribution in [2.45, 2.75) is 51.2 Å². The topological polar surface area (TPSA) is 21.3 Å². The molecule has 0 bridgehead atoms. The normalized spacial score (nSPS) is 20.5. The van der Waals surface area contributed by atoms with Gasteiger partial charge >= 0.3 is 0 Å². The second-order valence-electron chi connectivity index (χ2n) is 3.76. The molecule has 72 valence electrons. The lowest BCUT2D eigenvalue weighted by atomic mass is 9.96. The summed E-state index contributed by atoms with van der Waals surface area (Å²) in [5.41, 5.74) is 0. The Hall–Kier alpha value is -0.0800. The molecular weight excluding hydrogens is 150 g/mol. The largest absolute Gasteiger partial charge is 0.378 e. The first-order valence-electron chi connectivity index (χ1n) is 5.12. The maximum Gasteiger partial charge on any atom is 0.0575 e. The van der Waals surface area contributed by atoms with Crippen molar-refractivity contribution in [2.75, 3.05) is 13.7 Å². The van der Waals surface area contributed by atoms with Gasteiger partial charge in [-0.2, -0.15) is 0 Å². The van der Waals surface area contributed by atoms with Crippen molar-refractivity contribution in [3.8, 4) is 0 Å². The summed E-state index contributed by atoms with van der Waals surface area (Å²) in [7, 11) is 2.01. The molecule has 1 rings (SSSR count). The van der Waals surface area contributed by atoms with Crippen LogP contribution in [0.4, 0.5) is 0 Å². The van der Waals surface area contributed by atoms with Crippen LogP contribution in [0.2, 0.25) is 0 Å². The summed E-state index contributed by atoms with van der Waals surface area (Å²) in [6.07, 6.45) is 6.98. The van der Waals surface area contributed by atoms with Gasteiger partial charge in [0.1, 0.15) is 0 Å². The smallest absolute Gasteiger partial charge is 0.0575 e. The Balaban J connectivity index is 1.82. The monoisotopic (exact) mass is 171 g/mol. The highest BCUT2D eigenvalue weighted by atomic mass is 16.5. The molecule has 0 amide bonds. The molecule has 0 saturated heterocycles. The fraction of sp³-hybridized carbons (Fsp3) is 1.00. The van der Waals surface area contributed by atoms with E-state index >= 15 is 0 Å². The van der Waals surface area contributed by atoms with Crippen LogP contribution < -0.4 is 5.32 Å². The minimum Gasteiger partial charge on any atom is -0.378 e. The predicted molar refractivity (Wildman–Crippen MR) is 51.3 cm³/mol. The second kappa shape index (κ2) is 5.55. The zero-order valence-electron chi connectivity index (χ0n) is 8.31. The van der Waals surface area contributed by atoms with Gasteiger partial charge in [0.2, 0.25) is 0 Å². The van der Waals surface area contributed by atoms with Crippen LogP contribution in [-0.2, 0) is 4.74 Å². The summed E-state index contributed by atoms with van der Waals surface area (Å²) in [6.45, 7) is 3.17. The molecule has 1 N–H and O–H groups in total. The molecule has 0 aromatic rings. The Morgan fingerprint density at radius 2 is 2.25 bits per heavy atom. The van der Waals surface area contributed by atoms with Gasteiger partial charge in [0, 0.05) is 12.6 Å². The first-order valence-corrected chi connectivity index (χ1v) is 5.12. The van der Waals surface area contributed by atoms with Crippen LogP contribution in [-0.4, -0.2) is 25.8 Å². The molecule has 0 heterocycles. The molecule has 1 saturated carbocycles. The molecule has 1 aliphatic carbocycles. The summed E-state index contributed by atoms with van der Waals surface area (Å²) in [6, 6.07) is 0.634. The van der Waals surface area contributed by atoms with Crippen LogP contribution in [0.5, 0.6) is 0 Å². The quantitative estimate of drug-likeness (QED) is 0.617. The molecule has 0 spiro atoms. The number of ether oxygens (including phenoxy) is 1. The lowest BCUT2D eigenvalue weighted by Crippen LogP contribution is -2.24. The first kappa shape index (κ1) is 10.0. The minimum absolute atomic E-state index is 0.606. The van der Waals surface area contributed by atoms with Crippen LogP contribution in [0.25, 0.3) is 0 Å². The zero-order valence-corrected chi connectivity index (χ0v) is 8.31. The van der Waals surface area contributed by atoms with Gasteiger partial charge in [0.05, 0.1) is 6.10 Å². The average Bonchev–Trinajstić information content (AvgIpc) is 2.00. The number of hydrogen-bond acceptors (Lipinski definition) is 2. The summed E-state index contributed by atoms with van der Waals surface area (Å²) in [5.74, 6) is 0. The van der Waals surface area contributed by atoms with Gasteiger partial charge in [-0.05, 0) is 46.1 Å². The van der Waals surface area contributed by atoms with Crippen molar-refractivity contribution >= 4 is 0 Å². The van der Waals surface area contributed by atoms with Crippen LogP contribution >= 0.6 is 0 Å². The highest BCUT2D eigenvalue weighted by Crippen LogP contribution is 2.21. The van der Waals surface area contributed by atoms with Gasteiger partial charge in [-0.15, -0.1) is 0 Å². The Bertz CT molecular complexity index is 106. The van der Waals surface area contributed by atoms with E-state index < -0.39 is 0 Å². The van der Waals surface area contributed by atoms with Crippen molar-refractivity contribution in [2.24, 2.45) is 0 Å². The molecule has 1 atom stereocenters. The van der Waals surface area contributed by atoms with Crippen LogP contribution in [0.1, 0.15) is 39.0 Å². The van der Waals surface area contributed by atoms with Gasteiger partial charge in [0.15, 0.2) is 0 Å². The van der Waals surface area contributed by atoms with Gasteiger partial charge in [-0.25, -0.2) is 0 Å². The number of rotatable bonds is 6. The Labute approximate surface area is 75.7 Å². The highest BCUT2D eigenvalue weighted by molar-refractivity contribution is 4.69. The van der Waals surface area contributed by atoms with Gasteiger partial charge < -0.3 is 10.1 Å². The molecule has 12 heavy (non-hydrogen) atoms. The summed E-state index contributed by atoms with van der Waals surface area (Å²) in [5, 5.41) is 3.23. The van der Waals surface area contributed by atoms with Crippen molar-refractivity contribution in [1.82, 2.24) is 5.32 Å². The van der Waals surface area contributed by atoms with E-state index in [1.54, 1.807) is 0 Å². The molecule has 2 heteroatoms. The van der Waals surface area contributed by atoms with Crippen molar-refractivity contribution in [1.29, 1.82) is 0 Å². The number of hydrogen-bond donors (Lipinski definition) is 1. The summed E-state index contributed by atoms with van der Waals surface area (Å²) in [4.78, 5) is 0. The van der Waals surface area contributed by atoms with Crippen molar-refractivity contribution < 1.29 is 4.74 Å². The van der Waals surface area contributed by atoms with E-state index in [1.165, 1.54) is 32.1 Å². The van der Waals surface area contributed by atoms with Gasteiger partial charge in [-0.1, -0.05) is 0 Å². The molecule has 0 aromatic heterocycles. The fourth-order valence-corrected chi connectivity index (χ4v) is 1.32. The average molecular weight is 171 g/mol. The molecule has 0 radical (unpaired) electrons. The molecular formula is C10H21NO. The number of nitrogens with one attached hydrogen (secondary N) is 1. The lowest BCUT2D eigenvalue weighted by molar-refractivity contribution is 0.000214. The van der Waals surface area contributed by atoms with Crippen molar-refractivity contribution in [3.05, 3.63) is 0 Å². The maximum absolute atomic E-state index is 5.65. The van der Waals surface area contributed by atoms with Crippen molar-refractivity contribution in [3.63, 3.8) is 0 Å². The van der Waals surface area contributed by atoms with E-state index in [-0.39, 0.29) is 0 Å². The third kappa shape index (κ3) is 3.55. The lowest BCUT2D eigenvalue weighted by Gasteiger charge is -2.25. The van der Waals surface area contributed by atoms with E-state index in [1.807, 2.05) is 7.05 Å². The molecule has 0 aromatic carbocycles. The van der Waals surface area contributed by atoms with E-state index in [0.717, 1.165) is 6.61 Å². The molecule has 2 nitrogen and oxygen atoms in total. The fourth-order valence-electron chi connectivity index (χ4n) is 1.32. The maximum atomic E-state index is 5.65. The van der Waals surface area contributed by atoms with Crippen LogP contribution in [0, 0.1) is 0 Å². The minimum atomic E-state index is 0.606.